The topological polar surface area (TPSA) is 41.9 Å². The number of hydrogen-bond donors (Lipinski definition) is 1. The quantitative estimate of drug-likeness (QED) is 0.928. The first kappa shape index (κ1) is 11.3. The Morgan fingerprint density at radius 2 is 2.19 bits per heavy atom. The molecule has 2 fully saturated rings. The smallest absolute Gasteiger partial charge is 0.161 e. The Morgan fingerprint density at radius 1 is 1.33 bits per heavy atom. The van der Waals surface area contributed by atoms with Gasteiger partial charge in [-0.05, 0) is 57.0 Å². The number of aliphatic hydroxyl groups excluding tert-OH is 1. The van der Waals surface area contributed by atoms with E-state index in [2.05, 4.69) is 11.9 Å². The number of aliphatic hydroxyl groups is 1. The highest BCUT2D eigenvalue weighted by Crippen LogP contribution is 2.49. The van der Waals surface area contributed by atoms with Crippen molar-refractivity contribution in [1.82, 2.24) is 4.90 Å². The minimum absolute atomic E-state index is 0.0624. The normalized spacial score (nSPS) is 35.5. The zero-order chi connectivity index (χ0) is 17.5. The molecule has 1 aliphatic carbocycles. The molecule has 3 atom stereocenters. The fraction of sp³-hybridized carbons (Fsp3) is 0.647. The third-order valence-corrected chi connectivity index (χ3v) is 5.35. The standard InChI is InChI=1S/C17H25NO3/c1-18-9-8-17(7-6-13(19)11-16(17)18)12-4-5-14(20-2)15(10-12)21-3/h4-5,10,13,16,19H,6-9,11H2,1-3H3/t13-,16-,17-/m0/s1/i3D3. The van der Waals surface area contributed by atoms with E-state index in [9.17, 15) is 5.11 Å². The van der Waals surface area contributed by atoms with Crippen molar-refractivity contribution >= 4 is 0 Å². The van der Waals surface area contributed by atoms with Crippen molar-refractivity contribution in [1.29, 1.82) is 0 Å². The van der Waals surface area contributed by atoms with Crippen LogP contribution < -0.4 is 9.47 Å². The summed E-state index contributed by atoms with van der Waals surface area (Å²) in [5.41, 5.74) is 1.01. The molecule has 1 heterocycles. The lowest BCUT2D eigenvalue weighted by Crippen LogP contribution is -2.47. The number of ether oxygens (including phenoxy) is 2. The van der Waals surface area contributed by atoms with Gasteiger partial charge in [0.2, 0.25) is 0 Å². The summed E-state index contributed by atoms with van der Waals surface area (Å²) in [4.78, 5) is 2.30. The van der Waals surface area contributed by atoms with Gasteiger partial charge in [-0.1, -0.05) is 6.07 Å². The van der Waals surface area contributed by atoms with Gasteiger partial charge in [0.05, 0.1) is 24.4 Å². The first-order valence-electron chi connectivity index (χ1n) is 9.01. The van der Waals surface area contributed by atoms with Gasteiger partial charge in [0.15, 0.2) is 11.5 Å². The molecule has 0 amide bonds. The number of likely N-dealkylation sites (N-methyl/N-ethyl adjacent to an activating group) is 1. The van der Waals surface area contributed by atoms with E-state index >= 15 is 0 Å². The van der Waals surface area contributed by atoms with Crippen LogP contribution in [0.15, 0.2) is 18.2 Å². The van der Waals surface area contributed by atoms with Crippen molar-refractivity contribution in [3.8, 4) is 11.5 Å². The Morgan fingerprint density at radius 3 is 2.95 bits per heavy atom. The van der Waals surface area contributed by atoms with Gasteiger partial charge in [0, 0.05) is 11.5 Å². The molecule has 1 saturated heterocycles. The Labute approximate surface area is 130 Å². The SMILES string of the molecule is [2H]C([2H])([2H])Oc1cc([C@@]23CC[C@H](O)C[C@@H]2N(C)CC3)ccc1OC. The number of methoxy groups -OCH3 is 2. The molecule has 1 N–H and O–H groups in total. The van der Waals surface area contributed by atoms with Crippen LogP contribution in [0.2, 0.25) is 0 Å². The van der Waals surface area contributed by atoms with Crippen molar-refractivity contribution in [2.75, 3.05) is 27.7 Å². The molecule has 4 nitrogen and oxygen atoms in total. The number of rotatable bonds is 3. The van der Waals surface area contributed by atoms with Crippen molar-refractivity contribution in [2.45, 2.75) is 43.2 Å². The molecule has 0 unspecified atom stereocenters. The molecule has 1 aliphatic heterocycles. The van der Waals surface area contributed by atoms with Crippen molar-refractivity contribution in [2.24, 2.45) is 0 Å². The van der Waals surface area contributed by atoms with Gasteiger partial charge in [-0.3, -0.25) is 0 Å². The maximum atomic E-state index is 10.1. The van der Waals surface area contributed by atoms with E-state index in [1.165, 1.54) is 7.11 Å². The van der Waals surface area contributed by atoms with Crippen molar-refractivity contribution in [3.63, 3.8) is 0 Å². The molecule has 116 valence electrons. The van der Waals surface area contributed by atoms with E-state index in [0.29, 0.717) is 5.75 Å². The molecule has 0 spiro atoms. The second-order valence-electron chi connectivity index (χ2n) is 6.30. The maximum Gasteiger partial charge on any atom is 0.161 e. The molecule has 4 heteroatoms. The highest BCUT2D eigenvalue weighted by atomic mass is 16.5. The van der Waals surface area contributed by atoms with Crippen LogP contribution in [0.3, 0.4) is 0 Å². The zero-order valence-electron chi connectivity index (χ0n) is 15.6. The second kappa shape index (κ2) is 5.50. The third kappa shape index (κ3) is 2.30. The summed E-state index contributed by atoms with van der Waals surface area (Å²) in [5, 5.41) is 10.1. The van der Waals surface area contributed by atoms with Crippen LogP contribution in [0.25, 0.3) is 0 Å². The first-order chi connectivity index (χ1) is 11.2. The molecule has 0 aromatic heterocycles. The maximum absolute atomic E-state index is 10.1. The van der Waals surface area contributed by atoms with Gasteiger partial charge < -0.3 is 19.5 Å². The van der Waals surface area contributed by atoms with E-state index in [1.807, 2.05) is 12.1 Å². The highest BCUT2D eigenvalue weighted by Gasteiger charge is 2.50. The Hall–Kier alpha value is -1.26. The Balaban J connectivity index is 2.00. The Bertz CT molecular complexity index is 607. The van der Waals surface area contributed by atoms with Gasteiger partial charge in [0.1, 0.15) is 0 Å². The molecule has 0 bridgehead atoms. The van der Waals surface area contributed by atoms with Gasteiger partial charge in [-0.2, -0.15) is 0 Å². The molecular formula is C17H25NO3. The van der Waals surface area contributed by atoms with Crippen LogP contribution >= 0.6 is 0 Å². The number of likely N-dealkylation sites (tertiary alicyclic amines) is 1. The lowest BCUT2D eigenvalue weighted by atomic mass is 9.65. The van der Waals surface area contributed by atoms with Gasteiger partial charge >= 0.3 is 0 Å². The summed E-state index contributed by atoms with van der Waals surface area (Å²) < 4.78 is 32.5. The zero-order valence-corrected chi connectivity index (χ0v) is 12.6. The summed E-state index contributed by atoms with van der Waals surface area (Å²) in [6, 6.07) is 5.87. The van der Waals surface area contributed by atoms with Crippen molar-refractivity contribution in [3.05, 3.63) is 23.8 Å². The van der Waals surface area contributed by atoms with Crippen molar-refractivity contribution < 1.29 is 18.7 Å². The summed E-state index contributed by atoms with van der Waals surface area (Å²) in [6.45, 7) is 0.971. The molecular weight excluding hydrogens is 266 g/mol. The second-order valence-corrected chi connectivity index (χ2v) is 6.30. The number of hydrogen-bond acceptors (Lipinski definition) is 4. The van der Waals surface area contributed by atoms with Gasteiger partial charge in [0.25, 0.3) is 0 Å². The lowest BCUT2D eigenvalue weighted by molar-refractivity contribution is 0.0566. The van der Waals surface area contributed by atoms with Crippen LogP contribution in [0, 0.1) is 0 Å². The molecule has 1 saturated carbocycles. The minimum Gasteiger partial charge on any atom is -0.493 e. The van der Waals surface area contributed by atoms with Crippen LogP contribution in [-0.2, 0) is 5.41 Å². The number of nitrogens with zero attached hydrogens (tertiary/aromatic N) is 1. The van der Waals surface area contributed by atoms with Gasteiger partial charge in [-0.25, -0.2) is 0 Å². The number of benzene rings is 1. The first-order valence-corrected chi connectivity index (χ1v) is 7.51. The minimum atomic E-state index is -2.52. The predicted octanol–water partition coefficient (Wildman–Crippen LogP) is 2.19. The van der Waals surface area contributed by atoms with Crippen LogP contribution in [0.1, 0.15) is 35.4 Å². The van der Waals surface area contributed by atoms with E-state index < -0.39 is 7.04 Å². The summed E-state index contributed by atoms with van der Waals surface area (Å²) in [7, 11) is 1.08. The summed E-state index contributed by atoms with van der Waals surface area (Å²) in [6.07, 6.45) is 3.15. The molecule has 0 radical (unpaired) electrons. The highest BCUT2D eigenvalue weighted by molar-refractivity contribution is 5.46. The molecule has 1 aromatic carbocycles. The molecule has 21 heavy (non-hydrogen) atoms. The molecule has 3 rings (SSSR count). The average Bonchev–Trinajstić information content (AvgIpc) is 2.84. The number of fused-ring (bicyclic) bond motifs is 1. The average molecular weight is 294 g/mol. The van der Waals surface area contributed by atoms with E-state index in [4.69, 9.17) is 13.6 Å². The fourth-order valence-corrected chi connectivity index (χ4v) is 4.16. The molecule has 1 aromatic rings. The molecule has 2 aliphatic rings. The Kier molecular flexibility index (Phi) is 2.97. The fourth-order valence-electron chi connectivity index (χ4n) is 4.16. The van der Waals surface area contributed by atoms with Crippen LogP contribution in [0.5, 0.6) is 11.5 Å². The largest absolute Gasteiger partial charge is 0.493 e. The summed E-state index contributed by atoms with van der Waals surface area (Å²) >= 11 is 0. The monoisotopic (exact) mass is 294 g/mol. The van der Waals surface area contributed by atoms with E-state index in [-0.39, 0.29) is 23.3 Å². The predicted molar refractivity (Wildman–Crippen MR) is 82.1 cm³/mol. The van der Waals surface area contributed by atoms with E-state index in [1.54, 1.807) is 6.07 Å². The van der Waals surface area contributed by atoms with Crippen LogP contribution in [-0.4, -0.2) is 49.9 Å². The lowest BCUT2D eigenvalue weighted by Gasteiger charge is -2.43. The summed E-state index contributed by atoms with van der Waals surface area (Å²) in [5.74, 6) is 0.675. The van der Waals surface area contributed by atoms with E-state index in [0.717, 1.165) is 37.8 Å². The third-order valence-electron chi connectivity index (χ3n) is 5.35. The van der Waals surface area contributed by atoms with Crippen LogP contribution in [0.4, 0.5) is 0 Å². The van der Waals surface area contributed by atoms with Gasteiger partial charge in [-0.15, -0.1) is 0 Å².